The van der Waals surface area contributed by atoms with Crippen molar-refractivity contribution in [3.63, 3.8) is 0 Å². The molecule has 0 bridgehead atoms. The van der Waals surface area contributed by atoms with Gasteiger partial charge in [0.1, 0.15) is 11.9 Å². The first kappa shape index (κ1) is 15.6. The number of nitrogens with one attached hydrogen (secondary N) is 2. The van der Waals surface area contributed by atoms with E-state index in [9.17, 15) is 4.79 Å². The Kier molecular flexibility index (Phi) is 5.84. The number of carbonyl (C=O) groups excluding carboxylic acids is 1. The minimum atomic E-state index is -0.204. The summed E-state index contributed by atoms with van der Waals surface area (Å²) in [4.78, 5) is 18.6. The van der Waals surface area contributed by atoms with Gasteiger partial charge < -0.3 is 15.5 Å². The van der Waals surface area contributed by atoms with Gasteiger partial charge in [0.2, 0.25) is 5.91 Å². The molecular formula is C16H26N4O. The van der Waals surface area contributed by atoms with E-state index in [0.29, 0.717) is 0 Å². The zero-order valence-electron chi connectivity index (χ0n) is 13.1. The molecule has 2 heterocycles. The minimum absolute atomic E-state index is 0.189. The van der Waals surface area contributed by atoms with E-state index < -0.39 is 0 Å². The van der Waals surface area contributed by atoms with Crippen LogP contribution in [-0.4, -0.2) is 41.5 Å². The van der Waals surface area contributed by atoms with Crippen LogP contribution in [0.4, 0.5) is 11.5 Å². The summed E-state index contributed by atoms with van der Waals surface area (Å²) >= 11 is 0. The van der Waals surface area contributed by atoms with Crippen molar-refractivity contribution in [1.29, 1.82) is 0 Å². The van der Waals surface area contributed by atoms with Gasteiger partial charge in [0.05, 0.1) is 0 Å². The highest BCUT2D eigenvalue weighted by molar-refractivity contribution is 5.84. The van der Waals surface area contributed by atoms with E-state index in [1.807, 2.05) is 24.0 Å². The predicted octanol–water partition coefficient (Wildman–Crippen LogP) is 2.72. The first-order valence-electron chi connectivity index (χ1n) is 7.96. The standard InChI is InChI=1S/C16H26N4O/c1-3-8-17-15-12-14(7-9-18-15)19-13(2)16(21)20-10-5-4-6-11-20/h7,9,12-13H,3-6,8,10-11H2,1-2H3,(H2,17,18,19). The lowest BCUT2D eigenvalue weighted by molar-refractivity contribution is -0.132. The van der Waals surface area contributed by atoms with Crippen LogP contribution in [0.5, 0.6) is 0 Å². The van der Waals surface area contributed by atoms with Gasteiger partial charge in [-0.15, -0.1) is 0 Å². The number of rotatable bonds is 6. The van der Waals surface area contributed by atoms with Crippen molar-refractivity contribution in [3.05, 3.63) is 18.3 Å². The molecule has 1 aromatic rings. The van der Waals surface area contributed by atoms with Crippen molar-refractivity contribution in [2.45, 2.75) is 45.6 Å². The number of piperidine rings is 1. The van der Waals surface area contributed by atoms with Crippen molar-refractivity contribution < 1.29 is 4.79 Å². The molecule has 0 spiro atoms. The van der Waals surface area contributed by atoms with E-state index in [0.717, 1.165) is 50.4 Å². The van der Waals surface area contributed by atoms with E-state index in [1.54, 1.807) is 6.20 Å². The Bertz CT molecular complexity index is 457. The molecule has 5 nitrogen and oxygen atoms in total. The Morgan fingerprint density at radius 1 is 1.38 bits per heavy atom. The van der Waals surface area contributed by atoms with Crippen LogP contribution in [-0.2, 0) is 4.79 Å². The summed E-state index contributed by atoms with van der Waals surface area (Å²) in [5.74, 6) is 1.04. The lowest BCUT2D eigenvalue weighted by Crippen LogP contribution is -2.43. The summed E-state index contributed by atoms with van der Waals surface area (Å²) in [5.41, 5.74) is 0.932. The highest BCUT2D eigenvalue weighted by Crippen LogP contribution is 2.15. The predicted molar refractivity (Wildman–Crippen MR) is 86.5 cm³/mol. The molecule has 0 radical (unpaired) electrons. The molecule has 1 aliphatic rings. The van der Waals surface area contributed by atoms with Gasteiger partial charge in [-0.2, -0.15) is 0 Å². The highest BCUT2D eigenvalue weighted by atomic mass is 16.2. The number of likely N-dealkylation sites (tertiary alicyclic amines) is 1. The molecule has 5 heteroatoms. The van der Waals surface area contributed by atoms with Crippen LogP contribution in [0, 0.1) is 0 Å². The first-order valence-corrected chi connectivity index (χ1v) is 7.96. The van der Waals surface area contributed by atoms with Gasteiger partial charge in [0, 0.05) is 37.6 Å². The highest BCUT2D eigenvalue weighted by Gasteiger charge is 2.21. The molecule has 1 saturated heterocycles. The first-order chi connectivity index (χ1) is 10.2. The maximum absolute atomic E-state index is 12.4. The van der Waals surface area contributed by atoms with Crippen molar-refractivity contribution in [1.82, 2.24) is 9.88 Å². The van der Waals surface area contributed by atoms with Crippen molar-refractivity contribution in [3.8, 4) is 0 Å². The molecule has 0 aromatic carbocycles. The number of nitrogens with zero attached hydrogens (tertiary/aromatic N) is 2. The van der Waals surface area contributed by atoms with Gasteiger partial charge in [-0.3, -0.25) is 4.79 Å². The van der Waals surface area contributed by atoms with Gasteiger partial charge in [0.15, 0.2) is 0 Å². The lowest BCUT2D eigenvalue weighted by atomic mass is 10.1. The molecule has 1 fully saturated rings. The summed E-state index contributed by atoms with van der Waals surface area (Å²) < 4.78 is 0. The van der Waals surface area contributed by atoms with Crippen molar-refractivity contribution in [2.24, 2.45) is 0 Å². The number of amides is 1. The zero-order valence-corrected chi connectivity index (χ0v) is 13.1. The SMILES string of the molecule is CCCNc1cc(NC(C)C(=O)N2CCCCC2)ccn1. The maximum atomic E-state index is 12.4. The molecule has 21 heavy (non-hydrogen) atoms. The summed E-state index contributed by atoms with van der Waals surface area (Å²) in [6, 6.07) is 3.65. The van der Waals surface area contributed by atoms with Crippen molar-refractivity contribution in [2.75, 3.05) is 30.3 Å². The van der Waals surface area contributed by atoms with Crippen LogP contribution in [0.3, 0.4) is 0 Å². The molecule has 1 unspecified atom stereocenters. The van der Waals surface area contributed by atoms with E-state index in [1.165, 1.54) is 6.42 Å². The second-order valence-corrected chi connectivity index (χ2v) is 5.61. The number of carbonyl (C=O) groups is 1. The molecule has 2 N–H and O–H groups in total. The summed E-state index contributed by atoms with van der Waals surface area (Å²) in [6.45, 7) is 6.73. The smallest absolute Gasteiger partial charge is 0.244 e. The van der Waals surface area contributed by atoms with Gasteiger partial charge in [-0.25, -0.2) is 4.98 Å². The molecular weight excluding hydrogens is 264 g/mol. The Morgan fingerprint density at radius 2 is 2.14 bits per heavy atom. The molecule has 0 saturated carbocycles. The summed E-state index contributed by atoms with van der Waals surface area (Å²) in [7, 11) is 0. The van der Waals surface area contributed by atoms with Crippen LogP contribution < -0.4 is 10.6 Å². The van der Waals surface area contributed by atoms with Crippen LogP contribution in [0.2, 0.25) is 0 Å². The average Bonchev–Trinajstić information content (AvgIpc) is 2.53. The third-order valence-electron chi connectivity index (χ3n) is 3.74. The molecule has 116 valence electrons. The molecule has 1 aromatic heterocycles. The van der Waals surface area contributed by atoms with Gasteiger partial charge in [-0.1, -0.05) is 6.92 Å². The Balaban J connectivity index is 1.91. The second-order valence-electron chi connectivity index (χ2n) is 5.61. The van der Waals surface area contributed by atoms with Gasteiger partial charge in [0.25, 0.3) is 0 Å². The summed E-state index contributed by atoms with van der Waals surface area (Å²) in [5, 5.41) is 6.54. The van der Waals surface area contributed by atoms with E-state index in [-0.39, 0.29) is 11.9 Å². The van der Waals surface area contributed by atoms with Gasteiger partial charge >= 0.3 is 0 Å². The van der Waals surface area contributed by atoms with E-state index >= 15 is 0 Å². The topological polar surface area (TPSA) is 57.3 Å². The second kappa shape index (κ2) is 7.86. The van der Waals surface area contributed by atoms with Crippen molar-refractivity contribution >= 4 is 17.4 Å². The van der Waals surface area contributed by atoms with Gasteiger partial charge in [-0.05, 0) is 38.7 Å². The van der Waals surface area contributed by atoms with E-state index in [2.05, 4.69) is 22.5 Å². The number of hydrogen-bond donors (Lipinski definition) is 2. The third kappa shape index (κ3) is 4.62. The third-order valence-corrected chi connectivity index (χ3v) is 3.74. The fourth-order valence-corrected chi connectivity index (χ4v) is 2.57. The quantitative estimate of drug-likeness (QED) is 0.846. The van der Waals surface area contributed by atoms with Crippen LogP contribution >= 0.6 is 0 Å². The molecule has 1 amide bonds. The Hall–Kier alpha value is -1.78. The number of pyridine rings is 1. The zero-order chi connectivity index (χ0) is 15.1. The number of hydrogen-bond acceptors (Lipinski definition) is 4. The van der Waals surface area contributed by atoms with Crippen LogP contribution in [0.25, 0.3) is 0 Å². The Labute approximate surface area is 127 Å². The van der Waals surface area contributed by atoms with Crippen LogP contribution in [0.1, 0.15) is 39.5 Å². The Morgan fingerprint density at radius 3 is 2.86 bits per heavy atom. The largest absolute Gasteiger partial charge is 0.374 e. The monoisotopic (exact) mass is 290 g/mol. The molecule has 1 aliphatic heterocycles. The summed E-state index contributed by atoms with van der Waals surface area (Å²) in [6.07, 6.45) is 6.31. The fourth-order valence-electron chi connectivity index (χ4n) is 2.57. The molecule has 2 rings (SSSR count). The number of aromatic nitrogens is 1. The van der Waals surface area contributed by atoms with Crippen LogP contribution in [0.15, 0.2) is 18.3 Å². The maximum Gasteiger partial charge on any atom is 0.244 e. The molecule has 1 atom stereocenters. The molecule has 0 aliphatic carbocycles. The average molecular weight is 290 g/mol. The fraction of sp³-hybridized carbons (Fsp3) is 0.625. The lowest BCUT2D eigenvalue weighted by Gasteiger charge is -2.29. The number of anilines is 2. The van der Waals surface area contributed by atoms with E-state index in [4.69, 9.17) is 0 Å². The normalized spacial score (nSPS) is 16.4. The minimum Gasteiger partial charge on any atom is -0.374 e.